The third kappa shape index (κ3) is 6.35. The van der Waals surface area contributed by atoms with Gasteiger partial charge in [-0.3, -0.25) is 9.69 Å². The number of nitrogens with one attached hydrogen (secondary N) is 2. The lowest BCUT2D eigenvalue weighted by molar-refractivity contribution is -0.128. The van der Waals surface area contributed by atoms with Crippen LogP contribution in [0.2, 0.25) is 0 Å². The minimum atomic E-state index is -0.452. The van der Waals surface area contributed by atoms with Gasteiger partial charge in [-0.25, -0.2) is 4.39 Å². The minimum Gasteiger partial charge on any atom is -0.379 e. The molecule has 2 N–H and O–H groups in total. The molecule has 0 aromatic heterocycles. The van der Waals surface area contributed by atoms with E-state index in [1.807, 2.05) is 6.07 Å². The highest BCUT2D eigenvalue weighted by Gasteiger charge is 2.29. The average molecular weight is 408 g/mol. The zero-order valence-corrected chi connectivity index (χ0v) is 16.4. The van der Waals surface area contributed by atoms with Gasteiger partial charge >= 0.3 is 0 Å². The fourth-order valence-corrected chi connectivity index (χ4v) is 3.50. The Kier molecular flexibility index (Phi) is 10.4. The normalized spacial score (nSPS) is 21.3. The monoisotopic (exact) mass is 407 g/mol. The van der Waals surface area contributed by atoms with Gasteiger partial charge in [0.15, 0.2) is 0 Å². The molecule has 2 saturated heterocycles. The Morgan fingerprint density at radius 1 is 1.35 bits per heavy atom. The van der Waals surface area contributed by atoms with E-state index in [0.29, 0.717) is 44.3 Å². The molecule has 148 valence electrons. The number of halogens is 3. The minimum absolute atomic E-state index is 0. The summed E-state index contributed by atoms with van der Waals surface area (Å²) in [6, 6.07) is 5.90. The lowest BCUT2D eigenvalue weighted by Gasteiger charge is -2.33. The number of hydrogen-bond donors (Lipinski definition) is 2. The number of carbonyl (C=O) groups is 1. The molecular weight excluding hydrogens is 380 g/mol. The van der Waals surface area contributed by atoms with E-state index in [2.05, 4.69) is 15.5 Å². The fraction of sp³-hybridized carbons (Fsp3) is 0.611. The average Bonchev–Trinajstić information content (AvgIpc) is 3.10. The van der Waals surface area contributed by atoms with Gasteiger partial charge in [0.1, 0.15) is 11.9 Å². The van der Waals surface area contributed by atoms with E-state index in [-0.39, 0.29) is 36.5 Å². The van der Waals surface area contributed by atoms with Crippen molar-refractivity contribution >= 4 is 30.7 Å². The topological polar surface area (TPSA) is 53.6 Å². The summed E-state index contributed by atoms with van der Waals surface area (Å²) in [7, 11) is 0. The maximum absolute atomic E-state index is 13.6. The molecule has 2 unspecified atom stereocenters. The van der Waals surface area contributed by atoms with Gasteiger partial charge in [0.25, 0.3) is 0 Å². The third-order valence-corrected chi connectivity index (χ3v) is 4.84. The lowest BCUT2D eigenvalue weighted by Crippen LogP contribution is -2.46. The number of ether oxygens (including phenoxy) is 1. The Balaban J connectivity index is 0.00000169. The molecule has 2 aliphatic heterocycles. The molecule has 2 heterocycles. The van der Waals surface area contributed by atoms with E-state index < -0.39 is 6.04 Å². The van der Waals surface area contributed by atoms with E-state index in [0.717, 1.165) is 19.5 Å². The second-order valence-corrected chi connectivity index (χ2v) is 6.54. The maximum atomic E-state index is 13.6. The van der Waals surface area contributed by atoms with Gasteiger partial charge in [-0.05, 0) is 49.5 Å². The molecule has 1 aromatic carbocycles. The van der Waals surface area contributed by atoms with Crippen LogP contribution >= 0.6 is 24.8 Å². The number of carbonyl (C=O) groups excluding carboxylic acids is 1. The van der Waals surface area contributed by atoms with Crippen LogP contribution in [0.3, 0.4) is 0 Å². The molecule has 2 aliphatic rings. The van der Waals surface area contributed by atoms with Gasteiger partial charge in [-0.2, -0.15) is 0 Å². The smallest absolute Gasteiger partial charge is 0.241 e. The molecule has 1 amide bonds. The molecule has 2 atom stereocenters. The second kappa shape index (κ2) is 11.7. The van der Waals surface area contributed by atoms with Crippen molar-refractivity contribution in [3.63, 3.8) is 0 Å². The summed E-state index contributed by atoms with van der Waals surface area (Å²) < 4.78 is 19.0. The standard InChI is InChI=1S/C18H26FN3O2.2ClH/c19-16-3-1-2-15(12-16)17(22-8-10-24-11-9-22)18(23)21-7-5-14-4-6-20-13-14;;/h1-3,12,14,17,20H,4-11,13H2,(H,21,23);2*1H. The molecule has 2 fully saturated rings. The maximum Gasteiger partial charge on any atom is 0.241 e. The van der Waals surface area contributed by atoms with E-state index in [1.165, 1.54) is 18.6 Å². The van der Waals surface area contributed by atoms with Gasteiger partial charge in [0.05, 0.1) is 13.2 Å². The second-order valence-electron chi connectivity index (χ2n) is 6.54. The molecule has 0 spiro atoms. The number of nitrogens with zero attached hydrogens (tertiary/aromatic N) is 1. The number of amides is 1. The SMILES string of the molecule is Cl.Cl.O=C(NCCC1CCNC1)C(c1cccc(F)c1)N1CCOCC1. The van der Waals surface area contributed by atoms with Crippen LogP contribution in [0.1, 0.15) is 24.4 Å². The molecule has 0 radical (unpaired) electrons. The largest absolute Gasteiger partial charge is 0.379 e. The van der Waals surface area contributed by atoms with Crippen molar-refractivity contribution in [3.8, 4) is 0 Å². The van der Waals surface area contributed by atoms with Crippen molar-refractivity contribution in [2.75, 3.05) is 45.9 Å². The van der Waals surface area contributed by atoms with Crippen molar-refractivity contribution in [1.82, 2.24) is 15.5 Å². The highest BCUT2D eigenvalue weighted by Crippen LogP contribution is 2.23. The first-order valence-corrected chi connectivity index (χ1v) is 8.80. The molecule has 0 bridgehead atoms. The van der Waals surface area contributed by atoms with E-state index in [1.54, 1.807) is 6.07 Å². The van der Waals surface area contributed by atoms with Crippen molar-refractivity contribution in [1.29, 1.82) is 0 Å². The summed E-state index contributed by atoms with van der Waals surface area (Å²) in [5.41, 5.74) is 0.705. The number of benzene rings is 1. The summed E-state index contributed by atoms with van der Waals surface area (Å²) in [6.07, 6.45) is 2.16. The molecule has 1 aromatic rings. The zero-order valence-electron chi connectivity index (χ0n) is 14.8. The Hall–Kier alpha value is -0.920. The number of rotatable bonds is 6. The molecule has 0 saturated carbocycles. The zero-order chi connectivity index (χ0) is 16.8. The van der Waals surface area contributed by atoms with Crippen LogP contribution < -0.4 is 10.6 Å². The van der Waals surface area contributed by atoms with Crippen LogP contribution in [0.5, 0.6) is 0 Å². The molecule has 3 rings (SSSR count). The Bertz CT molecular complexity index is 553. The van der Waals surface area contributed by atoms with Crippen LogP contribution in [-0.4, -0.2) is 56.7 Å². The Morgan fingerprint density at radius 3 is 2.77 bits per heavy atom. The predicted molar refractivity (Wildman–Crippen MR) is 105 cm³/mol. The first kappa shape index (κ1) is 23.1. The van der Waals surface area contributed by atoms with E-state index in [4.69, 9.17) is 4.74 Å². The number of hydrogen-bond acceptors (Lipinski definition) is 4. The van der Waals surface area contributed by atoms with Crippen LogP contribution in [0.15, 0.2) is 24.3 Å². The van der Waals surface area contributed by atoms with Crippen molar-refractivity contribution < 1.29 is 13.9 Å². The van der Waals surface area contributed by atoms with Gasteiger partial charge in [-0.15, -0.1) is 24.8 Å². The quantitative estimate of drug-likeness (QED) is 0.758. The summed E-state index contributed by atoms with van der Waals surface area (Å²) in [5, 5.41) is 6.39. The Morgan fingerprint density at radius 2 is 2.12 bits per heavy atom. The molecular formula is C18H28Cl2FN3O2. The first-order chi connectivity index (χ1) is 11.7. The van der Waals surface area contributed by atoms with Crippen molar-refractivity contribution in [2.45, 2.75) is 18.9 Å². The summed E-state index contributed by atoms with van der Waals surface area (Å²) >= 11 is 0. The van der Waals surface area contributed by atoms with Gasteiger partial charge < -0.3 is 15.4 Å². The van der Waals surface area contributed by atoms with Crippen LogP contribution in [0, 0.1) is 11.7 Å². The molecule has 26 heavy (non-hydrogen) atoms. The molecule has 0 aliphatic carbocycles. The van der Waals surface area contributed by atoms with Crippen molar-refractivity contribution in [2.24, 2.45) is 5.92 Å². The Labute approximate surface area is 166 Å². The number of morpholine rings is 1. The van der Waals surface area contributed by atoms with Crippen LogP contribution in [-0.2, 0) is 9.53 Å². The van der Waals surface area contributed by atoms with Gasteiger partial charge in [0.2, 0.25) is 5.91 Å². The fourth-order valence-electron chi connectivity index (χ4n) is 3.50. The van der Waals surface area contributed by atoms with Crippen LogP contribution in [0.25, 0.3) is 0 Å². The predicted octanol–water partition coefficient (Wildman–Crippen LogP) is 2.16. The molecule has 8 heteroatoms. The van der Waals surface area contributed by atoms with E-state index >= 15 is 0 Å². The lowest BCUT2D eigenvalue weighted by atomic mass is 10.0. The van der Waals surface area contributed by atoms with Crippen LogP contribution in [0.4, 0.5) is 4.39 Å². The highest BCUT2D eigenvalue weighted by molar-refractivity contribution is 5.85. The van der Waals surface area contributed by atoms with Crippen molar-refractivity contribution in [3.05, 3.63) is 35.6 Å². The van der Waals surface area contributed by atoms with Gasteiger partial charge in [-0.1, -0.05) is 12.1 Å². The highest BCUT2D eigenvalue weighted by atomic mass is 35.5. The molecule has 5 nitrogen and oxygen atoms in total. The van der Waals surface area contributed by atoms with E-state index in [9.17, 15) is 9.18 Å². The summed E-state index contributed by atoms with van der Waals surface area (Å²) in [4.78, 5) is 14.9. The third-order valence-electron chi connectivity index (χ3n) is 4.84. The summed E-state index contributed by atoms with van der Waals surface area (Å²) in [5.74, 6) is 0.283. The summed E-state index contributed by atoms with van der Waals surface area (Å²) in [6.45, 7) is 5.34. The van der Waals surface area contributed by atoms with Gasteiger partial charge in [0, 0.05) is 19.6 Å². The first-order valence-electron chi connectivity index (χ1n) is 8.80.